The van der Waals surface area contributed by atoms with Crippen molar-refractivity contribution in [2.45, 2.75) is 39.3 Å². The van der Waals surface area contributed by atoms with E-state index in [0.717, 1.165) is 19.5 Å². The van der Waals surface area contributed by atoms with Gasteiger partial charge in [0, 0.05) is 25.7 Å². The van der Waals surface area contributed by atoms with Crippen molar-refractivity contribution in [1.82, 2.24) is 4.90 Å². The number of hydrogen-bond donors (Lipinski definition) is 1. The molecule has 1 saturated heterocycles. The molecule has 0 aromatic heterocycles. The molecule has 0 aromatic rings. The number of nitrogens with two attached hydrogens (primary N) is 1. The van der Waals surface area contributed by atoms with Crippen LogP contribution in [-0.4, -0.2) is 42.6 Å². The second-order valence-electron chi connectivity index (χ2n) is 4.31. The molecule has 3 atom stereocenters. The summed E-state index contributed by atoms with van der Waals surface area (Å²) < 4.78 is 5.30. The number of ether oxygens (including phenoxy) is 1. The zero-order chi connectivity index (χ0) is 11.4. The highest BCUT2D eigenvalue weighted by Gasteiger charge is 2.28. The van der Waals surface area contributed by atoms with E-state index in [0.29, 0.717) is 12.5 Å². The van der Waals surface area contributed by atoms with Crippen LogP contribution in [0.3, 0.4) is 0 Å². The molecule has 2 N–H and O–H groups in total. The van der Waals surface area contributed by atoms with E-state index >= 15 is 0 Å². The average molecular weight is 214 g/mol. The minimum atomic E-state index is -0.323. The predicted octanol–water partition coefficient (Wildman–Crippen LogP) is 0.607. The third-order valence-electron chi connectivity index (χ3n) is 3.05. The third kappa shape index (κ3) is 3.18. The van der Waals surface area contributed by atoms with Gasteiger partial charge in [0.15, 0.2) is 0 Å². The van der Waals surface area contributed by atoms with Gasteiger partial charge in [-0.05, 0) is 26.2 Å². The summed E-state index contributed by atoms with van der Waals surface area (Å²) in [5.74, 6) is 0.479. The summed E-state index contributed by atoms with van der Waals surface area (Å²) in [5.41, 5.74) is 5.91. The van der Waals surface area contributed by atoms with Gasteiger partial charge in [-0.25, -0.2) is 0 Å². The largest absolute Gasteiger partial charge is 0.369 e. The second kappa shape index (κ2) is 5.47. The number of nitrogens with zero attached hydrogens (tertiary/aromatic N) is 1. The summed E-state index contributed by atoms with van der Waals surface area (Å²) in [7, 11) is 0. The number of hydrogen-bond acceptors (Lipinski definition) is 3. The molecule has 4 heteroatoms. The van der Waals surface area contributed by atoms with E-state index < -0.39 is 0 Å². The summed E-state index contributed by atoms with van der Waals surface area (Å²) in [6.45, 7) is 7.91. The molecule has 0 aromatic carbocycles. The lowest BCUT2D eigenvalue weighted by atomic mass is 9.94. The van der Waals surface area contributed by atoms with Gasteiger partial charge in [0.1, 0.15) is 6.10 Å². The molecule has 88 valence electrons. The summed E-state index contributed by atoms with van der Waals surface area (Å²) >= 11 is 0. The van der Waals surface area contributed by atoms with E-state index in [4.69, 9.17) is 10.5 Å². The number of carbonyl (C=O) groups excluding carboxylic acids is 1. The monoisotopic (exact) mass is 214 g/mol. The van der Waals surface area contributed by atoms with Crippen LogP contribution in [0.2, 0.25) is 0 Å². The Hall–Kier alpha value is -0.610. The first-order valence-electron chi connectivity index (χ1n) is 5.72. The smallest absolute Gasteiger partial charge is 0.251 e. The fourth-order valence-corrected chi connectivity index (χ4v) is 1.94. The third-order valence-corrected chi connectivity index (χ3v) is 3.05. The normalized spacial score (nSPS) is 28.9. The van der Waals surface area contributed by atoms with Crippen molar-refractivity contribution in [3.05, 3.63) is 0 Å². The lowest BCUT2D eigenvalue weighted by Crippen LogP contribution is -2.50. The number of carbonyl (C=O) groups is 1. The van der Waals surface area contributed by atoms with Gasteiger partial charge in [0.2, 0.25) is 0 Å². The molecule has 1 fully saturated rings. The molecule has 0 radical (unpaired) electrons. The molecule has 1 aliphatic heterocycles. The van der Waals surface area contributed by atoms with Crippen molar-refractivity contribution >= 4 is 5.91 Å². The van der Waals surface area contributed by atoms with Crippen molar-refractivity contribution in [1.29, 1.82) is 0 Å². The van der Waals surface area contributed by atoms with Crippen LogP contribution in [0.25, 0.3) is 0 Å². The Morgan fingerprint density at radius 2 is 2.33 bits per heavy atom. The SMILES string of the molecule is CCOC(C)C(=O)N1CCC(N)C(C)C1. The van der Waals surface area contributed by atoms with E-state index in [2.05, 4.69) is 6.92 Å². The van der Waals surface area contributed by atoms with E-state index in [9.17, 15) is 4.79 Å². The molecular formula is C11H22N2O2. The summed E-state index contributed by atoms with van der Waals surface area (Å²) in [4.78, 5) is 13.8. The zero-order valence-corrected chi connectivity index (χ0v) is 9.90. The zero-order valence-electron chi connectivity index (χ0n) is 9.90. The van der Waals surface area contributed by atoms with Crippen LogP contribution in [0, 0.1) is 5.92 Å². The van der Waals surface area contributed by atoms with Gasteiger partial charge in [-0.15, -0.1) is 0 Å². The van der Waals surface area contributed by atoms with Crippen LogP contribution < -0.4 is 5.73 Å². The maximum atomic E-state index is 11.9. The molecule has 15 heavy (non-hydrogen) atoms. The van der Waals surface area contributed by atoms with Crippen molar-refractivity contribution in [2.75, 3.05) is 19.7 Å². The highest BCUT2D eigenvalue weighted by atomic mass is 16.5. The Kier molecular flexibility index (Phi) is 4.54. The number of amides is 1. The number of likely N-dealkylation sites (tertiary alicyclic amines) is 1. The van der Waals surface area contributed by atoms with Gasteiger partial charge in [0.25, 0.3) is 5.91 Å². The lowest BCUT2D eigenvalue weighted by molar-refractivity contribution is -0.144. The molecule has 1 aliphatic rings. The number of rotatable bonds is 3. The molecule has 4 nitrogen and oxygen atoms in total. The Morgan fingerprint density at radius 1 is 1.67 bits per heavy atom. The molecule has 0 spiro atoms. The molecule has 1 heterocycles. The summed E-state index contributed by atoms with van der Waals surface area (Å²) in [5, 5.41) is 0. The van der Waals surface area contributed by atoms with Gasteiger partial charge in [-0.3, -0.25) is 4.79 Å². The summed E-state index contributed by atoms with van der Waals surface area (Å²) in [6.07, 6.45) is 0.572. The first kappa shape index (κ1) is 12.5. The predicted molar refractivity (Wildman–Crippen MR) is 59.4 cm³/mol. The van der Waals surface area contributed by atoms with Crippen molar-refractivity contribution in [3.8, 4) is 0 Å². The van der Waals surface area contributed by atoms with Gasteiger partial charge >= 0.3 is 0 Å². The van der Waals surface area contributed by atoms with Crippen LogP contribution in [0.5, 0.6) is 0 Å². The Labute approximate surface area is 91.8 Å². The van der Waals surface area contributed by atoms with Gasteiger partial charge < -0.3 is 15.4 Å². The average Bonchev–Trinajstić information content (AvgIpc) is 2.21. The lowest BCUT2D eigenvalue weighted by Gasteiger charge is -2.36. The first-order valence-corrected chi connectivity index (χ1v) is 5.72. The summed E-state index contributed by atoms with van der Waals surface area (Å²) in [6, 6.07) is 0.233. The standard InChI is InChI=1S/C11H22N2O2/c1-4-15-9(3)11(14)13-6-5-10(12)8(2)7-13/h8-10H,4-7,12H2,1-3H3. The maximum Gasteiger partial charge on any atom is 0.251 e. The van der Waals surface area contributed by atoms with Crippen LogP contribution in [0.1, 0.15) is 27.2 Å². The highest BCUT2D eigenvalue weighted by molar-refractivity contribution is 5.80. The molecule has 1 rings (SSSR count). The van der Waals surface area contributed by atoms with Crippen molar-refractivity contribution in [3.63, 3.8) is 0 Å². The van der Waals surface area contributed by atoms with Crippen LogP contribution in [0.4, 0.5) is 0 Å². The highest BCUT2D eigenvalue weighted by Crippen LogP contribution is 2.16. The van der Waals surface area contributed by atoms with E-state index in [-0.39, 0.29) is 18.1 Å². The molecular weight excluding hydrogens is 192 g/mol. The van der Waals surface area contributed by atoms with E-state index in [1.807, 2.05) is 18.7 Å². The molecule has 1 amide bonds. The van der Waals surface area contributed by atoms with Crippen LogP contribution in [-0.2, 0) is 9.53 Å². The minimum Gasteiger partial charge on any atom is -0.369 e. The fraction of sp³-hybridized carbons (Fsp3) is 0.909. The minimum absolute atomic E-state index is 0.0931. The second-order valence-corrected chi connectivity index (χ2v) is 4.31. The topological polar surface area (TPSA) is 55.6 Å². The van der Waals surface area contributed by atoms with Gasteiger partial charge in [0.05, 0.1) is 0 Å². The fourth-order valence-electron chi connectivity index (χ4n) is 1.94. The molecule has 0 aliphatic carbocycles. The van der Waals surface area contributed by atoms with E-state index in [1.54, 1.807) is 0 Å². The molecule has 0 bridgehead atoms. The molecule has 3 unspecified atom stereocenters. The Bertz CT molecular complexity index is 221. The van der Waals surface area contributed by atoms with Gasteiger partial charge in [-0.2, -0.15) is 0 Å². The molecule has 0 saturated carbocycles. The Morgan fingerprint density at radius 3 is 2.87 bits per heavy atom. The first-order chi connectivity index (χ1) is 7.06. The van der Waals surface area contributed by atoms with Crippen LogP contribution >= 0.6 is 0 Å². The van der Waals surface area contributed by atoms with E-state index in [1.165, 1.54) is 0 Å². The quantitative estimate of drug-likeness (QED) is 0.749. The van der Waals surface area contributed by atoms with Crippen LogP contribution in [0.15, 0.2) is 0 Å². The van der Waals surface area contributed by atoms with Crippen molar-refractivity contribution < 1.29 is 9.53 Å². The van der Waals surface area contributed by atoms with Gasteiger partial charge in [-0.1, -0.05) is 6.92 Å². The number of piperidine rings is 1. The Balaban J connectivity index is 2.47. The maximum absolute atomic E-state index is 11.9. The van der Waals surface area contributed by atoms with Crippen molar-refractivity contribution in [2.24, 2.45) is 11.7 Å².